The molecular formula is C9H18N2. The lowest BCUT2D eigenvalue weighted by Crippen LogP contribution is -2.12. The van der Waals surface area contributed by atoms with E-state index in [1.165, 1.54) is 0 Å². The van der Waals surface area contributed by atoms with E-state index >= 15 is 0 Å². The molecule has 0 saturated heterocycles. The van der Waals surface area contributed by atoms with Crippen LogP contribution in [0, 0.1) is 0 Å². The molecule has 1 aliphatic heterocycles. The minimum atomic E-state index is 0.106. The van der Waals surface area contributed by atoms with Crippen molar-refractivity contribution < 1.29 is 0 Å². The molecule has 0 bridgehead atoms. The molecule has 0 fully saturated rings. The predicted octanol–water partition coefficient (Wildman–Crippen LogP) is 1.36. The van der Waals surface area contributed by atoms with Crippen LogP contribution in [0.2, 0.25) is 0 Å². The third kappa shape index (κ3) is 4.62. The zero-order valence-corrected chi connectivity index (χ0v) is 7.62. The maximum atomic E-state index is 5.60. The third-order valence-corrected chi connectivity index (χ3v) is 1.31. The van der Waals surface area contributed by atoms with E-state index in [1.807, 2.05) is 39.2 Å². The van der Waals surface area contributed by atoms with E-state index in [2.05, 4.69) is 11.0 Å². The Morgan fingerprint density at radius 2 is 2.00 bits per heavy atom. The summed E-state index contributed by atoms with van der Waals surface area (Å²) in [6.45, 7) is 4.96. The average Bonchev–Trinajstić information content (AvgIpc) is 2.20. The highest BCUT2D eigenvalue weighted by molar-refractivity contribution is 5.08. The molecule has 0 radical (unpaired) electrons. The quantitative estimate of drug-likeness (QED) is 0.534. The summed E-state index contributed by atoms with van der Waals surface area (Å²) in [6.07, 6.45) is 8.05. The lowest BCUT2D eigenvalue weighted by atomic mass is 10.3. The van der Waals surface area contributed by atoms with Crippen LogP contribution in [-0.2, 0) is 0 Å². The van der Waals surface area contributed by atoms with Crippen molar-refractivity contribution in [1.82, 2.24) is 4.90 Å². The molecule has 0 aliphatic carbocycles. The second kappa shape index (κ2) is 5.98. The molecule has 1 unspecified atom stereocenters. The highest BCUT2D eigenvalue weighted by Crippen LogP contribution is 1.95. The molecular weight excluding hydrogens is 136 g/mol. The number of hydrogen-bond donors (Lipinski definition) is 1. The molecule has 0 aromatic carbocycles. The molecule has 0 spiro atoms. The zero-order valence-electron chi connectivity index (χ0n) is 7.62. The number of nitrogens with two attached hydrogens (primary N) is 1. The van der Waals surface area contributed by atoms with E-state index in [-0.39, 0.29) is 6.04 Å². The Labute approximate surface area is 69.4 Å². The van der Waals surface area contributed by atoms with Crippen molar-refractivity contribution in [3.63, 3.8) is 0 Å². The van der Waals surface area contributed by atoms with Gasteiger partial charge in [-0.1, -0.05) is 26.0 Å². The van der Waals surface area contributed by atoms with Gasteiger partial charge in [0.15, 0.2) is 0 Å². The van der Waals surface area contributed by atoms with Gasteiger partial charge in [-0.2, -0.15) is 0 Å². The number of rotatable bonds is 0. The fourth-order valence-corrected chi connectivity index (χ4v) is 0.756. The average molecular weight is 154 g/mol. The lowest BCUT2D eigenvalue weighted by Gasteiger charge is -2.07. The summed E-state index contributed by atoms with van der Waals surface area (Å²) in [5, 5.41) is 0. The van der Waals surface area contributed by atoms with Gasteiger partial charge in [0.1, 0.15) is 0 Å². The smallest absolute Gasteiger partial charge is 0.0428 e. The fraction of sp³-hybridized carbons (Fsp3) is 0.556. The van der Waals surface area contributed by atoms with Crippen molar-refractivity contribution in [3.8, 4) is 0 Å². The van der Waals surface area contributed by atoms with E-state index in [9.17, 15) is 0 Å². The van der Waals surface area contributed by atoms with E-state index in [0.717, 1.165) is 6.54 Å². The maximum absolute atomic E-state index is 5.60. The minimum Gasteiger partial charge on any atom is -0.377 e. The van der Waals surface area contributed by atoms with Gasteiger partial charge in [0.05, 0.1) is 0 Å². The molecule has 1 heterocycles. The molecule has 64 valence electrons. The van der Waals surface area contributed by atoms with Crippen LogP contribution in [0.5, 0.6) is 0 Å². The Balaban J connectivity index is 0.000000461. The molecule has 2 heteroatoms. The standard InChI is InChI=1S/C7H12N2.C2H6/c1-9-5-2-3-7(8)4-6-9;1-2/h2-4,6-7H,5,8H2,1H3;1-2H3. The van der Waals surface area contributed by atoms with Gasteiger partial charge in [0, 0.05) is 19.6 Å². The summed E-state index contributed by atoms with van der Waals surface area (Å²) >= 11 is 0. The van der Waals surface area contributed by atoms with Crippen LogP contribution in [0.15, 0.2) is 24.4 Å². The number of likely N-dealkylation sites (N-methyl/N-ethyl adjacent to an activating group) is 1. The van der Waals surface area contributed by atoms with Gasteiger partial charge in [0.25, 0.3) is 0 Å². The van der Waals surface area contributed by atoms with Crippen LogP contribution in [0.3, 0.4) is 0 Å². The summed E-state index contributed by atoms with van der Waals surface area (Å²) < 4.78 is 0. The Morgan fingerprint density at radius 1 is 1.36 bits per heavy atom. The van der Waals surface area contributed by atoms with Crippen LogP contribution in [0.25, 0.3) is 0 Å². The van der Waals surface area contributed by atoms with Crippen molar-refractivity contribution in [2.75, 3.05) is 13.6 Å². The summed E-state index contributed by atoms with van der Waals surface area (Å²) in [7, 11) is 2.03. The minimum absolute atomic E-state index is 0.106. The summed E-state index contributed by atoms with van der Waals surface area (Å²) in [6, 6.07) is 0.106. The Bertz CT molecular complexity index is 138. The van der Waals surface area contributed by atoms with Crippen LogP contribution in [0.4, 0.5) is 0 Å². The Hall–Kier alpha value is -0.760. The maximum Gasteiger partial charge on any atom is 0.0428 e. The largest absolute Gasteiger partial charge is 0.377 e. The molecule has 0 amide bonds. The van der Waals surface area contributed by atoms with E-state index in [4.69, 9.17) is 5.73 Å². The van der Waals surface area contributed by atoms with Crippen LogP contribution < -0.4 is 5.73 Å². The highest BCUT2D eigenvalue weighted by atomic mass is 15.1. The molecule has 1 aliphatic rings. The van der Waals surface area contributed by atoms with E-state index < -0.39 is 0 Å². The first-order valence-electron chi connectivity index (χ1n) is 4.10. The van der Waals surface area contributed by atoms with E-state index in [0.29, 0.717) is 0 Å². The van der Waals surface area contributed by atoms with Crippen LogP contribution in [-0.4, -0.2) is 24.5 Å². The highest BCUT2D eigenvalue weighted by Gasteiger charge is 1.95. The summed E-state index contributed by atoms with van der Waals surface area (Å²) in [4.78, 5) is 2.09. The van der Waals surface area contributed by atoms with Gasteiger partial charge in [0.2, 0.25) is 0 Å². The van der Waals surface area contributed by atoms with Crippen molar-refractivity contribution in [2.45, 2.75) is 19.9 Å². The van der Waals surface area contributed by atoms with Crippen LogP contribution >= 0.6 is 0 Å². The van der Waals surface area contributed by atoms with Crippen molar-refractivity contribution >= 4 is 0 Å². The molecule has 0 aromatic heterocycles. The van der Waals surface area contributed by atoms with Gasteiger partial charge in [-0.05, 0) is 12.3 Å². The second-order valence-electron chi connectivity index (χ2n) is 2.29. The van der Waals surface area contributed by atoms with E-state index in [1.54, 1.807) is 0 Å². The fourth-order valence-electron chi connectivity index (χ4n) is 0.756. The van der Waals surface area contributed by atoms with Crippen molar-refractivity contribution in [2.24, 2.45) is 5.73 Å². The number of nitrogens with zero attached hydrogens (tertiary/aromatic N) is 1. The first-order valence-corrected chi connectivity index (χ1v) is 4.10. The molecule has 0 saturated carbocycles. The molecule has 1 atom stereocenters. The molecule has 1 rings (SSSR count). The molecule has 2 N–H and O–H groups in total. The predicted molar refractivity (Wildman–Crippen MR) is 50.2 cm³/mol. The van der Waals surface area contributed by atoms with Crippen molar-refractivity contribution in [3.05, 3.63) is 24.4 Å². The Kier molecular flexibility index (Phi) is 5.57. The summed E-state index contributed by atoms with van der Waals surface area (Å²) in [5.74, 6) is 0. The van der Waals surface area contributed by atoms with Gasteiger partial charge < -0.3 is 10.6 Å². The van der Waals surface area contributed by atoms with Crippen molar-refractivity contribution in [1.29, 1.82) is 0 Å². The lowest BCUT2D eigenvalue weighted by molar-refractivity contribution is 0.511. The SMILES string of the molecule is CC.CN1C=CC(N)C=CC1. The second-order valence-corrected chi connectivity index (χ2v) is 2.29. The summed E-state index contributed by atoms with van der Waals surface area (Å²) in [5.41, 5.74) is 5.60. The third-order valence-electron chi connectivity index (χ3n) is 1.31. The van der Waals surface area contributed by atoms with Gasteiger partial charge in [-0.25, -0.2) is 0 Å². The van der Waals surface area contributed by atoms with Gasteiger partial charge in [-0.3, -0.25) is 0 Å². The van der Waals surface area contributed by atoms with Crippen LogP contribution in [0.1, 0.15) is 13.8 Å². The normalized spacial score (nSPS) is 22.2. The zero-order chi connectivity index (χ0) is 8.69. The molecule has 11 heavy (non-hydrogen) atoms. The topological polar surface area (TPSA) is 29.3 Å². The molecule has 0 aromatic rings. The van der Waals surface area contributed by atoms with Gasteiger partial charge in [-0.15, -0.1) is 0 Å². The van der Waals surface area contributed by atoms with Gasteiger partial charge >= 0.3 is 0 Å². The molecule has 2 nitrogen and oxygen atoms in total. The Morgan fingerprint density at radius 3 is 2.64 bits per heavy atom. The first kappa shape index (κ1) is 10.2. The first-order chi connectivity index (χ1) is 5.29. The monoisotopic (exact) mass is 154 g/mol. The number of hydrogen-bond acceptors (Lipinski definition) is 2.